The first-order chi connectivity index (χ1) is 12.9. The number of amides is 1. The highest BCUT2D eigenvalue weighted by Crippen LogP contribution is 2.22. The molecule has 2 aromatic carbocycles. The number of halogens is 2. The fourth-order valence-corrected chi connectivity index (χ4v) is 2.28. The quantitative estimate of drug-likeness (QED) is 0.705. The smallest absolute Gasteiger partial charge is 0.340 e. The summed E-state index contributed by atoms with van der Waals surface area (Å²) in [5.74, 6) is -2.97. The maximum Gasteiger partial charge on any atom is 0.340 e. The first-order valence-electron chi connectivity index (χ1n) is 7.68. The van der Waals surface area contributed by atoms with Crippen LogP contribution in [0, 0.1) is 18.6 Å². The molecule has 0 spiro atoms. The maximum absolute atomic E-state index is 13.9. The lowest BCUT2D eigenvalue weighted by atomic mass is 10.1. The Kier molecular flexibility index (Phi) is 4.93. The van der Waals surface area contributed by atoms with Crippen LogP contribution < -0.4 is 5.32 Å². The van der Waals surface area contributed by atoms with Crippen molar-refractivity contribution in [1.82, 2.24) is 10.1 Å². The van der Waals surface area contributed by atoms with Crippen LogP contribution in [0.3, 0.4) is 0 Å². The lowest BCUT2D eigenvalue weighted by Gasteiger charge is -2.09. The molecular weight excluding hydrogens is 360 g/mol. The molecule has 0 radical (unpaired) electrons. The number of carbonyl (C=O) groups excluding carboxylic acids is 2. The van der Waals surface area contributed by atoms with Gasteiger partial charge in [0.05, 0.1) is 18.4 Å². The largest absolute Gasteiger partial charge is 0.465 e. The number of ether oxygens (including phenoxy) is 1. The molecule has 0 atom stereocenters. The van der Waals surface area contributed by atoms with Gasteiger partial charge in [-0.25, -0.2) is 13.6 Å². The van der Waals surface area contributed by atoms with E-state index in [9.17, 15) is 18.4 Å². The highest BCUT2D eigenvalue weighted by atomic mass is 19.1. The van der Waals surface area contributed by atoms with Crippen molar-refractivity contribution in [3.63, 3.8) is 0 Å². The van der Waals surface area contributed by atoms with E-state index in [1.54, 1.807) is 19.1 Å². The molecule has 138 valence electrons. The normalized spacial score (nSPS) is 10.5. The Morgan fingerprint density at radius 2 is 1.81 bits per heavy atom. The number of benzene rings is 2. The zero-order chi connectivity index (χ0) is 19.6. The molecule has 0 saturated carbocycles. The number of aromatic nitrogens is 2. The van der Waals surface area contributed by atoms with Gasteiger partial charge in [-0.1, -0.05) is 5.16 Å². The Bertz CT molecular complexity index is 1020. The molecule has 9 heteroatoms. The predicted molar refractivity (Wildman–Crippen MR) is 90.1 cm³/mol. The minimum Gasteiger partial charge on any atom is -0.465 e. The molecule has 0 bridgehead atoms. The summed E-state index contributed by atoms with van der Waals surface area (Å²) in [6, 6.07) is 7.51. The third kappa shape index (κ3) is 3.81. The molecule has 0 aliphatic rings. The summed E-state index contributed by atoms with van der Waals surface area (Å²) in [4.78, 5) is 27.9. The minimum absolute atomic E-state index is 0.207. The van der Waals surface area contributed by atoms with Crippen LogP contribution in [-0.4, -0.2) is 29.1 Å². The fourth-order valence-electron chi connectivity index (χ4n) is 2.28. The molecule has 0 aliphatic carbocycles. The molecule has 1 aromatic heterocycles. The standard InChI is InChI=1S/C18H13F2N3O4/c1-9-21-17(27-23-9)11-5-3-10(4-6-11)16(24)22-15-7-12(18(25)26-2)13(19)8-14(15)20/h3-8H,1-2H3,(H,22,24). The van der Waals surface area contributed by atoms with E-state index in [4.69, 9.17) is 4.52 Å². The van der Waals surface area contributed by atoms with Gasteiger partial charge in [-0.3, -0.25) is 4.79 Å². The summed E-state index contributed by atoms with van der Waals surface area (Å²) in [6.07, 6.45) is 0. The minimum atomic E-state index is -1.09. The van der Waals surface area contributed by atoms with Crippen molar-refractivity contribution >= 4 is 17.6 Å². The number of rotatable bonds is 4. The maximum atomic E-state index is 13.9. The highest BCUT2D eigenvalue weighted by molar-refractivity contribution is 6.05. The second-order valence-electron chi connectivity index (χ2n) is 5.48. The van der Waals surface area contributed by atoms with Gasteiger partial charge >= 0.3 is 5.97 Å². The molecule has 7 nitrogen and oxygen atoms in total. The molecule has 3 rings (SSSR count). The first-order valence-corrected chi connectivity index (χ1v) is 7.68. The number of nitrogens with one attached hydrogen (secondary N) is 1. The van der Waals surface area contributed by atoms with Crippen molar-refractivity contribution in [3.05, 3.63) is 65.0 Å². The zero-order valence-corrected chi connectivity index (χ0v) is 14.2. The van der Waals surface area contributed by atoms with E-state index < -0.39 is 29.1 Å². The number of aryl methyl sites for hydroxylation is 1. The monoisotopic (exact) mass is 373 g/mol. The highest BCUT2D eigenvalue weighted by Gasteiger charge is 2.18. The van der Waals surface area contributed by atoms with Crippen LogP contribution in [-0.2, 0) is 4.74 Å². The fraction of sp³-hybridized carbons (Fsp3) is 0.111. The van der Waals surface area contributed by atoms with Crippen molar-refractivity contribution in [2.75, 3.05) is 12.4 Å². The van der Waals surface area contributed by atoms with E-state index >= 15 is 0 Å². The van der Waals surface area contributed by atoms with E-state index in [0.29, 0.717) is 23.3 Å². The molecular formula is C18H13F2N3O4. The Balaban J connectivity index is 1.82. The lowest BCUT2D eigenvalue weighted by Crippen LogP contribution is -2.14. The molecule has 27 heavy (non-hydrogen) atoms. The van der Waals surface area contributed by atoms with Crippen molar-refractivity contribution in [2.24, 2.45) is 0 Å². The van der Waals surface area contributed by atoms with Gasteiger partial charge in [0.15, 0.2) is 5.82 Å². The Labute approximate surface area is 152 Å². The van der Waals surface area contributed by atoms with Crippen LogP contribution in [0.15, 0.2) is 40.9 Å². The second-order valence-corrected chi connectivity index (χ2v) is 5.48. The van der Waals surface area contributed by atoms with E-state index in [-0.39, 0.29) is 11.3 Å². The number of nitrogens with zero attached hydrogens (tertiary/aromatic N) is 2. The third-order valence-corrected chi connectivity index (χ3v) is 3.63. The van der Waals surface area contributed by atoms with Crippen molar-refractivity contribution < 1.29 is 27.6 Å². The summed E-state index contributed by atoms with van der Waals surface area (Å²) in [6.45, 7) is 1.68. The van der Waals surface area contributed by atoms with Crippen LogP contribution in [0.5, 0.6) is 0 Å². The van der Waals surface area contributed by atoms with E-state index in [1.807, 2.05) is 0 Å². The van der Waals surface area contributed by atoms with Crippen molar-refractivity contribution in [2.45, 2.75) is 6.92 Å². The summed E-state index contributed by atoms with van der Waals surface area (Å²) in [5.41, 5.74) is -0.0267. The molecule has 1 amide bonds. The van der Waals surface area contributed by atoms with Gasteiger partial charge in [-0.15, -0.1) is 0 Å². The van der Waals surface area contributed by atoms with Gasteiger partial charge in [0.25, 0.3) is 11.8 Å². The number of carbonyl (C=O) groups is 2. The molecule has 1 heterocycles. The van der Waals surface area contributed by atoms with Crippen LogP contribution in [0.25, 0.3) is 11.5 Å². The van der Waals surface area contributed by atoms with Gasteiger partial charge in [0, 0.05) is 17.2 Å². The summed E-state index contributed by atoms with van der Waals surface area (Å²) in [5, 5.41) is 5.97. The third-order valence-electron chi connectivity index (χ3n) is 3.63. The summed E-state index contributed by atoms with van der Waals surface area (Å²) in [7, 11) is 1.07. The van der Waals surface area contributed by atoms with E-state index in [1.165, 1.54) is 12.1 Å². The average molecular weight is 373 g/mol. The summed E-state index contributed by atoms with van der Waals surface area (Å²) < 4.78 is 37.0. The van der Waals surface area contributed by atoms with Gasteiger partial charge in [-0.2, -0.15) is 4.98 Å². The summed E-state index contributed by atoms with van der Waals surface area (Å²) >= 11 is 0. The second kappa shape index (κ2) is 7.32. The predicted octanol–water partition coefficient (Wildman–Crippen LogP) is 3.36. The molecule has 0 saturated heterocycles. The molecule has 0 aliphatic heterocycles. The number of hydrogen-bond donors (Lipinski definition) is 1. The molecule has 3 aromatic rings. The number of anilines is 1. The Morgan fingerprint density at radius 1 is 1.11 bits per heavy atom. The van der Waals surface area contributed by atoms with Gasteiger partial charge in [-0.05, 0) is 37.3 Å². The topological polar surface area (TPSA) is 94.3 Å². The van der Waals surface area contributed by atoms with Crippen LogP contribution in [0.4, 0.5) is 14.5 Å². The number of methoxy groups -OCH3 is 1. The molecule has 0 fully saturated rings. The van der Waals surface area contributed by atoms with Crippen molar-refractivity contribution in [1.29, 1.82) is 0 Å². The van der Waals surface area contributed by atoms with Gasteiger partial charge < -0.3 is 14.6 Å². The zero-order valence-electron chi connectivity index (χ0n) is 14.2. The number of esters is 1. The lowest BCUT2D eigenvalue weighted by molar-refractivity contribution is 0.0595. The molecule has 0 unspecified atom stereocenters. The van der Waals surface area contributed by atoms with Crippen LogP contribution >= 0.6 is 0 Å². The van der Waals surface area contributed by atoms with Crippen molar-refractivity contribution in [3.8, 4) is 11.5 Å². The van der Waals surface area contributed by atoms with Gasteiger partial charge in [0.2, 0.25) is 0 Å². The first kappa shape index (κ1) is 18.2. The SMILES string of the molecule is COC(=O)c1cc(NC(=O)c2ccc(-c3nc(C)no3)cc2)c(F)cc1F. The number of hydrogen-bond acceptors (Lipinski definition) is 6. The Hall–Kier alpha value is -3.62. The van der Waals surface area contributed by atoms with Crippen LogP contribution in [0.2, 0.25) is 0 Å². The average Bonchev–Trinajstić information content (AvgIpc) is 3.09. The Morgan fingerprint density at radius 3 is 2.41 bits per heavy atom. The van der Waals surface area contributed by atoms with Crippen LogP contribution in [0.1, 0.15) is 26.5 Å². The van der Waals surface area contributed by atoms with E-state index in [0.717, 1.165) is 13.2 Å². The van der Waals surface area contributed by atoms with Gasteiger partial charge in [0.1, 0.15) is 11.6 Å². The molecule has 1 N–H and O–H groups in total. The van der Waals surface area contributed by atoms with E-state index in [2.05, 4.69) is 20.2 Å².